The fourth-order valence-electron chi connectivity index (χ4n) is 2.28. The standard InChI is InChI=1S/C14H20N2O/c1-10-5-3-4-6-12(10)9-16-13-11(2)7-8-15-14(13)17/h3-6,11,13,16H,7-9H2,1-2H3,(H,15,17)/t11-,13-/m0/s1. The highest BCUT2D eigenvalue weighted by Gasteiger charge is 2.27. The van der Waals surface area contributed by atoms with Gasteiger partial charge in [0.05, 0.1) is 6.04 Å². The number of amides is 1. The molecular formula is C14H20N2O. The number of hydrogen-bond acceptors (Lipinski definition) is 2. The average molecular weight is 232 g/mol. The molecule has 92 valence electrons. The van der Waals surface area contributed by atoms with Crippen molar-refractivity contribution in [3.8, 4) is 0 Å². The third kappa shape index (κ3) is 2.86. The van der Waals surface area contributed by atoms with Crippen molar-refractivity contribution in [1.29, 1.82) is 0 Å². The zero-order valence-electron chi connectivity index (χ0n) is 10.5. The molecule has 2 N–H and O–H groups in total. The Labute approximate surface area is 103 Å². The van der Waals surface area contributed by atoms with Crippen molar-refractivity contribution in [1.82, 2.24) is 10.6 Å². The van der Waals surface area contributed by atoms with Crippen molar-refractivity contribution in [2.24, 2.45) is 5.92 Å². The van der Waals surface area contributed by atoms with Crippen LogP contribution in [-0.2, 0) is 11.3 Å². The number of benzene rings is 1. The molecule has 1 fully saturated rings. The molecule has 1 aliphatic heterocycles. The Morgan fingerprint density at radius 1 is 1.41 bits per heavy atom. The van der Waals surface area contributed by atoms with Gasteiger partial charge in [0, 0.05) is 13.1 Å². The Kier molecular flexibility index (Phi) is 3.79. The van der Waals surface area contributed by atoms with E-state index in [-0.39, 0.29) is 11.9 Å². The third-order valence-electron chi connectivity index (χ3n) is 3.52. The first-order valence-corrected chi connectivity index (χ1v) is 6.24. The van der Waals surface area contributed by atoms with Crippen LogP contribution in [0.25, 0.3) is 0 Å². The molecule has 0 radical (unpaired) electrons. The molecule has 3 nitrogen and oxygen atoms in total. The van der Waals surface area contributed by atoms with Gasteiger partial charge >= 0.3 is 0 Å². The summed E-state index contributed by atoms with van der Waals surface area (Å²) in [5.74, 6) is 0.546. The van der Waals surface area contributed by atoms with Gasteiger partial charge in [-0.15, -0.1) is 0 Å². The summed E-state index contributed by atoms with van der Waals surface area (Å²) >= 11 is 0. The first kappa shape index (κ1) is 12.1. The van der Waals surface area contributed by atoms with Gasteiger partial charge in [0.1, 0.15) is 0 Å². The molecule has 0 aromatic heterocycles. The zero-order valence-corrected chi connectivity index (χ0v) is 10.5. The van der Waals surface area contributed by atoms with Gasteiger partial charge < -0.3 is 10.6 Å². The summed E-state index contributed by atoms with van der Waals surface area (Å²) in [4.78, 5) is 11.7. The van der Waals surface area contributed by atoms with E-state index in [2.05, 4.69) is 36.6 Å². The highest BCUT2D eigenvalue weighted by Crippen LogP contribution is 2.14. The van der Waals surface area contributed by atoms with Crippen molar-refractivity contribution in [3.63, 3.8) is 0 Å². The van der Waals surface area contributed by atoms with E-state index in [1.807, 2.05) is 12.1 Å². The van der Waals surface area contributed by atoms with Crippen LogP contribution < -0.4 is 10.6 Å². The van der Waals surface area contributed by atoms with E-state index in [1.54, 1.807) is 0 Å². The molecule has 2 atom stereocenters. The van der Waals surface area contributed by atoms with Crippen molar-refractivity contribution in [2.45, 2.75) is 32.9 Å². The molecule has 1 amide bonds. The van der Waals surface area contributed by atoms with Gasteiger partial charge in [0.15, 0.2) is 0 Å². The molecule has 1 aromatic carbocycles. The van der Waals surface area contributed by atoms with Gasteiger partial charge in [0.25, 0.3) is 0 Å². The number of piperidine rings is 1. The van der Waals surface area contributed by atoms with Crippen LogP contribution in [0.15, 0.2) is 24.3 Å². The lowest BCUT2D eigenvalue weighted by atomic mass is 9.94. The maximum Gasteiger partial charge on any atom is 0.237 e. The normalized spacial score (nSPS) is 24.5. The van der Waals surface area contributed by atoms with Gasteiger partial charge in [-0.3, -0.25) is 4.79 Å². The van der Waals surface area contributed by atoms with Crippen LogP contribution >= 0.6 is 0 Å². The minimum absolute atomic E-state index is 0.0524. The number of rotatable bonds is 3. The Morgan fingerprint density at radius 2 is 2.18 bits per heavy atom. The summed E-state index contributed by atoms with van der Waals surface area (Å²) in [5, 5.41) is 6.28. The second kappa shape index (κ2) is 5.32. The molecule has 1 aliphatic rings. The van der Waals surface area contributed by atoms with E-state index in [0.717, 1.165) is 19.5 Å². The summed E-state index contributed by atoms with van der Waals surface area (Å²) in [6.45, 7) is 5.80. The Hall–Kier alpha value is -1.35. The van der Waals surface area contributed by atoms with E-state index < -0.39 is 0 Å². The van der Waals surface area contributed by atoms with Crippen LogP contribution in [0.2, 0.25) is 0 Å². The summed E-state index contributed by atoms with van der Waals surface area (Å²) < 4.78 is 0. The molecular weight excluding hydrogens is 212 g/mol. The number of aryl methyl sites for hydroxylation is 1. The molecule has 0 spiro atoms. The molecule has 0 unspecified atom stereocenters. The summed E-state index contributed by atoms with van der Waals surface area (Å²) in [6, 6.07) is 8.22. The first-order valence-electron chi connectivity index (χ1n) is 6.24. The molecule has 1 aromatic rings. The van der Waals surface area contributed by atoms with Crippen molar-refractivity contribution < 1.29 is 4.79 Å². The average Bonchev–Trinajstić information content (AvgIpc) is 2.30. The summed E-state index contributed by atoms with van der Waals surface area (Å²) in [7, 11) is 0. The monoisotopic (exact) mass is 232 g/mol. The highest BCUT2D eigenvalue weighted by molar-refractivity contribution is 5.82. The van der Waals surface area contributed by atoms with Gasteiger partial charge in [-0.05, 0) is 30.4 Å². The highest BCUT2D eigenvalue weighted by atomic mass is 16.2. The first-order chi connectivity index (χ1) is 8.18. The molecule has 1 saturated heterocycles. The Balaban J connectivity index is 1.97. The van der Waals surface area contributed by atoms with Crippen LogP contribution in [0.4, 0.5) is 0 Å². The second-order valence-corrected chi connectivity index (χ2v) is 4.84. The minimum atomic E-state index is -0.0524. The number of carbonyl (C=O) groups is 1. The van der Waals surface area contributed by atoms with E-state index in [4.69, 9.17) is 0 Å². The van der Waals surface area contributed by atoms with E-state index in [0.29, 0.717) is 5.92 Å². The number of hydrogen-bond donors (Lipinski definition) is 2. The summed E-state index contributed by atoms with van der Waals surface area (Å²) in [6.07, 6.45) is 1.05. The minimum Gasteiger partial charge on any atom is -0.355 e. The van der Waals surface area contributed by atoms with Crippen LogP contribution in [-0.4, -0.2) is 18.5 Å². The van der Waals surface area contributed by atoms with E-state index >= 15 is 0 Å². The predicted octanol–water partition coefficient (Wildman–Crippen LogP) is 1.61. The number of carbonyl (C=O) groups excluding carboxylic acids is 1. The molecule has 3 heteroatoms. The molecule has 2 rings (SSSR count). The maximum atomic E-state index is 11.7. The lowest BCUT2D eigenvalue weighted by Gasteiger charge is -2.29. The van der Waals surface area contributed by atoms with Crippen LogP contribution in [0.3, 0.4) is 0 Å². The van der Waals surface area contributed by atoms with Crippen molar-refractivity contribution in [3.05, 3.63) is 35.4 Å². The lowest BCUT2D eigenvalue weighted by Crippen LogP contribution is -2.52. The summed E-state index contributed by atoms with van der Waals surface area (Å²) in [5.41, 5.74) is 2.53. The van der Waals surface area contributed by atoms with Gasteiger partial charge in [-0.1, -0.05) is 31.2 Å². The molecule has 17 heavy (non-hydrogen) atoms. The zero-order chi connectivity index (χ0) is 12.3. The fourth-order valence-corrected chi connectivity index (χ4v) is 2.28. The Morgan fingerprint density at radius 3 is 2.88 bits per heavy atom. The molecule has 0 bridgehead atoms. The smallest absolute Gasteiger partial charge is 0.237 e. The number of nitrogens with one attached hydrogen (secondary N) is 2. The van der Waals surface area contributed by atoms with Gasteiger partial charge in [-0.25, -0.2) is 0 Å². The van der Waals surface area contributed by atoms with E-state index in [1.165, 1.54) is 11.1 Å². The molecule has 0 aliphatic carbocycles. The second-order valence-electron chi connectivity index (χ2n) is 4.84. The fraction of sp³-hybridized carbons (Fsp3) is 0.500. The quantitative estimate of drug-likeness (QED) is 0.831. The van der Waals surface area contributed by atoms with Gasteiger partial charge in [0.2, 0.25) is 5.91 Å². The van der Waals surface area contributed by atoms with E-state index in [9.17, 15) is 4.79 Å². The topological polar surface area (TPSA) is 41.1 Å². The van der Waals surface area contributed by atoms with Crippen LogP contribution in [0, 0.1) is 12.8 Å². The SMILES string of the molecule is Cc1ccccc1CN[C@@H]1C(=O)NCC[C@@H]1C. The van der Waals surface area contributed by atoms with Crippen molar-refractivity contribution >= 4 is 5.91 Å². The third-order valence-corrected chi connectivity index (χ3v) is 3.52. The molecule has 0 saturated carbocycles. The van der Waals surface area contributed by atoms with Crippen molar-refractivity contribution in [2.75, 3.05) is 6.54 Å². The Bertz CT molecular complexity index is 403. The maximum absolute atomic E-state index is 11.7. The van der Waals surface area contributed by atoms with Crippen LogP contribution in [0.1, 0.15) is 24.5 Å². The van der Waals surface area contributed by atoms with Gasteiger partial charge in [-0.2, -0.15) is 0 Å². The predicted molar refractivity (Wildman–Crippen MR) is 68.6 cm³/mol. The largest absolute Gasteiger partial charge is 0.355 e. The van der Waals surface area contributed by atoms with Crippen LogP contribution in [0.5, 0.6) is 0 Å². The lowest BCUT2D eigenvalue weighted by molar-refractivity contribution is -0.126. The molecule has 1 heterocycles.